The fourth-order valence-corrected chi connectivity index (χ4v) is 3.34. The van der Waals surface area contributed by atoms with Crippen LogP contribution in [0, 0.1) is 6.92 Å². The summed E-state index contributed by atoms with van der Waals surface area (Å²) in [5.41, 5.74) is 2.35. The third-order valence-electron chi connectivity index (χ3n) is 3.37. The number of rotatable bonds is 4. The van der Waals surface area contributed by atoms with Crippen molar-refractivity contribution in [2.45, 2.75) is 59.1 Å². The third kappa shape index (κ3) is 3.27. The molecule has 2 aromatic rings. The van der Waals surface area contributed by atoms with Gasteiger partial charge >= 0.3 is 0 Å². The van der Waals surface area contributed by atoms with Crippen LogP contribution in [0.4, 0.5) is 0 Å². The van der Waals surface area contributed by atoms with Gasteiger partial charge in [0, 0.05) is 18.4 Å². The molecule has 2 heterocycles. The first-order valence-electron chi connectivity index (χ1n) is 6.98. The molecule has 2 rings (SSSR count). The molecule has 0 fully saturated rings. The van der Waals surface area contributed by atoms with E-state index < -0.39 is 6.10 Å². The maximum atomic E-state index is 10.6. The number of hydrogen-bond donors (Lipinski definition) is 1. The lowest BCUT2D eigenvalue weighted by Gasteiger charge is -2.19. The van der Waals surface area contributed by atoms with Gasteiger partial charge in [-0.25, -0.2) is 0 Å². The van der Waals surface area contributed by atoms with Crippen molar-refractivity contribution < 1.29 is 5.11 Å². The highest BCUT2D eigenvalue weighted by atomic mass is 35.5. The number of aliphatic hydroxyl groups excluding tert-OH is 1. The summed E-state index contributed by atoms with van der Waals surface area (Å²) in [5.74, 6) is 0. The molecule has 116 valence electrons. The lowest BCUT2D eigenvalue weighted by molar-refractivity contribution is 0.176. The molecule has 0 aliphatic heterocycles. The molecule has 1 atom stereocenters. The molecule has 1 unspecified atom stereocenters. The molecular weight excluding hydrogens is 308 g/mol. The van der Waals surface area contributed by atoms with Gasteiger partial charge in [0.25, 0.3) is 0 Å². The molecule has 0 spiro atoms. The van der Waals surface area contributed by atoms with E-state index in [2.05, 4.69) is 35.5 Å². The molecule has 2 aromatic heterocycles. The quantitative estimate of drug-likeness (QED) is 0.935. The Bertz CT molecular complexity index is 629. The van der Waals surface area contributed by atoms with Crippen molar-refractivity contribution >= 4 is 23.1 Å². The smallest absolute Gasteiger partial charge is 0.0972 e. The van der Waals surface area contributed by atoms with Crippen molar-refractivity contribution in [3.63, 3.8) is 0 Å². The molecular formula is C14H21ClN4OS. The molecule has 7 heteroatoms. The van der Waals surface area contributed by atoms with Crippen molar-refractivity contribution in [2.75, 3.05) is 0 Å². The lowest BCUT2D eigenvalue weighted by atomic mass is 9.90. The summed E-state index contributed by atoms with van der Waals surface area (Å²) in [6.45, 7) is 10.8. The first-order chi connectivity index (χ1) is 9.75. The van der Waals surface area contributed by atoms with Crippen LogP contribution < -0.4 is 0 Å². The maximum Gasteiger partial charge on any atom is 0.0972 e. The summed E-state index contributed by atoms with van der Waals surface area (Å²) in [4.78, 5) is 0.806. The van der Waals surface area contributed by atoms with Crippen molar-refractivity contribution in [3.05, 3.63) is 27.0 Å². The minimum atomic E-state index is -0.668. The van der Waals surface area contributed by atoms with E-state index in [0.29, 0.717) is 11.4 Å². The fourth-order valence-electron chi connectivity index (χ4n) is 2.28. The zero-order valence-electron chi connectivity index (χ0n) is 13.0. The zero-order chi connectivity index (χ0) is 15.8. The summed E-state index contributed by atoms with van der Waals surface area (Å²) >= 11 is 7.55. The topological polar surface area (TPSA) is 63.8 Å². The Morgan fingerprint density at radius 2 is 2.05 bits per heavy atom. The Balaban J connectivity index is 2.31. The molecule has 0 radical (unpaired) electrons. The van der Waals surface area contributed by atoms with Gasteiger partial charge in [0.15, 0.2) is 0 Å². The summed E-state index contributed by atoms with van der Waals surface area (Å²) in [6.07, 6.45) is -0.251. The van der Waals surface area contributed by atoms with E-state index in [0.717, 1.165) is 28.5 Å². The van der Waals surface area contributed by atoms with E-state index >= 15 is 0 Å². The molecule has 21 heavy (non-hydrogen) atoms. The Hall–Kier alpha value is -0.980. The minimum Gasteiger partial charge on any atom is -0.387 e. The molecule has 0 bridgehead atoms. The number of aliphatic hydroxyl groups is 1. The number of hydrogen-bond acceptors (Lipinski definition) is 5. The first kappa shape index (κ1) is 16.4. The second kappa shape index (κ2) is 6.02. The molecule has 0 aliphatic rings. The highest BCUT2D eigenvalue weighted by Crippen LogP contribution is 2.33. The van der Waals surface area contributed by atoms with Crippen LogP contribution in [0.15, 0.2) is 0 Å². The standard InChI is InChI=1S/C14H21ClN4OS/c1-6-19-9(11(15)8(2)17-19)7-10(20)12-13(14(3,4)5)16-18-21-12/h10,20H,6-7H2,1-5H3. The second-order valence-electron chi connectivity index (χ2n) is 6.12. The molecule has 0 aliphatic carbocycles. The Labute approximate surface area is 134 Å². The van der Waals surface area contributed by atoms with E-state index in [9.17, 15) is 5.11 Å². The summed E-state index contributed by atoms with van der Waals surface area (Å²) in [6, 6.07) is 0. The summed E-state index contributed by atoms with van der Waals surface area (Å²) in [7, 11) is 0. The number of aromatic nitrogens is 4. The van der Waals surface area contributed by atoms with Gasteiger partial charge in [-0.15, -0.1) is 5.10 Å². The highest BCUT2D eigenvalue weighted by molar-refractivity contribution is 7.05. The monoisotopic (exact) mass is 328 g/mol. The van der Waals surface area contributed by atoms with Crippen LogP contribution in [0.3, 0.4) is 0 Å². The number of aryl methyl sites for hydroxylation is 2. The van der Waals surface area contributed by atoms with Crippen LogP contribution in [-0.2, 0) is 18.4 Å². The number of halogens is 1. The molecule has 0 amide bonds. The number of nitrogens with zero attached hydrogens (tertiary/aromatic N) is 4. The highest BCUT2D eigenvalue weighted by Gasteiger charge is 2.28. The lowest BCUT2D eigenvalue weighted by Crippen LogP contribution is -2.17. The Kier molecular flexibility index (Phi) is 4.70. The Morgan fingerprint density at radius 3 is 2.62 bits per heavy atom. The van der Waals surface area contributed by atoms with Gasteiger partial charge in [-0.2, -0.15) is 5.10 Å². The van der Waals surface area contributed by atoms with Crippen LogP contribution in [0.1, 0.15) is 55.8 Å². The van der Waals surface area contributed by atoms with Gasteiger partial charge in [0.2, 0.25) is 0 Å². The van der Waals surface area contributed by atoms with Gasteiger partial charge in [0.1, 0.15) is 0 Å². The van der Waals surface area contributed by atoms with E-state index in [4.69, 9.17) is 11.6 Å². The largest absolute Gasteiger partial charge is 0.387 e. The van der Waals surface area contributed by atoms with E-state index in [1.807, 2.05) is 18.5 Å². The molecule has 0 saturated heterocycles. The molecule has 5 nitrogen and oxygen atoms in total. The van der Waals surface area contributed by atoms with E-state index in [1.54, 1.807) is 0 Å². The van der Waals surface area contributed by atoms with Crippen molar-refractivity contribution in [1.29, 1.82) is 0 Å². The average molecular weight is 329 g/mol. The maximum absolute atomic E-state index is 10.6. The van der Waals surface area contributed by atoms with Gasteiger partial charge in [-0.3, -0.25) is 4.68 Å². The Morgan fingerprint density at radius 1 is 1.38 bits per heavy atom. The van der Waals surface area contributed by atoms with Gasteiger partial charge < -0.3 is 5.11 Å². The average Bonchev–Trinajstić information content (AvgIpc) is 2.98. The van der Waals surface area contributed by atoms with E-state index in [1.165, 1.54) is 11.5 Å². The van der Waals surface area contributed by atoms with Crippen LogP contribution in [-0.4, -0.2) is 24.5 Å². The fraction of sp³-hybridized carbons (Fsp3) is 0.643. The predicted molar refractivity (Wildman–Crippen MR) is 84.9 cm³/mol. The van der Waals surface area contributed by atoms with E-state index in [-0.39, 0.29) is 5.41 Å². The van der Waals surface area contributed by atoms with Crippen molar-refractivity contribution in [2.24, 2.45) is 0 Å². The van der Waals surface area contributed by atoms with Crippen molar-refractivity contribution in [1.82, 2.24) is 19.4 Å². The summed E-state index contributed by atoms with van der Waals surface area (Å²) < 4.78 is 5.84. The second-order valence-corrected chi connectivity index (χ2v) is 7.28. The van der Waals surface area contributed by atoms with Crippen LogP contribution in [0.25, 0.3) is 0 Å². The van der Waals surface area contributed by atoms with Gasteiger partial charge in [-0.1, -0.05) is 36.9 Å². The first-order valence-corrected chi connectivity index (χ1v) is 8.13. The van der Waals surface area contributed by atoms with Crippen molar-refractivity contribution in [3.8, 4) is 0 Å². The zero-order valence-corrected chi connectivity index (χ0v) is 14.6. The van der Waals surface area contributed by atoms with Gasteiger partial charge in [0.05, 0.1) is 33.1 Å². The SMILES string of the molecule is CCn1nc(C)c(Cl)c1CC(O)c1snnc1C(C)(C)C. The van der Waals surface area contributed by atoms with Crippen LogP contribution in [0.5, 0.6) is 0 Å². The summed E-state index contributed by atoms with van der Waals surface area (Å²) in [5, 5.41) is 19.8. The molecule has 0 saturated carbocycles. The normalized spacial score (nSPS) is 13.7. The van der Waals surface area contributed by atoms with Crippen LogP contribution >= 0.6 is 23.1 Å². The predicted octanol–water partition coefficient (Wildman–Crippen LogP) is 3.29. The minimum absolute atomic E-state index is 0.145. The molecule has 1 N–H and O–H groups in total. The van der Waals surface area contributed by atoms with Crippen LogP contribution in [0.2, 0.25) is 5.02 Å². The van der Waals surface area contributed by atoms with Gasteiger partial charge in [-0.05, 0) is 25.4 Å². The third-order valence-corrected chi connectivity index (χ3v) is 4.68. The molecule has 0 aromatic carbocycles.